The minimum Gasteiger partial charge on any atom is -0.290 e. The summed E-state index contributed by atoms with van der Waals surface area (Å²) in [6, 6.07) is 0.325. The number of allylic oxidation sites excluding steroid dienone is 7. The second-order valence-electron chi connectivity index (χ2n) is 6.59. The zero-order chi connectivity index (χ0) is 16.0. The van der Waals surface area contributed by atoms with Crippen molar-refractivity contribution in [1.29, 1.82) is 0 Å². The van der Waals surface area contributed by atoms with Crippen LogP contribution >= 0.6 is 0 Å². The van der Waals surface area contributed by atoms with E-state index in [-0.39, 0.29) is 0 Å². The third-order valence-electron chi connectivity index (χ3n) is 3.79. The van der Waals surface area contributed by atoms with Crippen LogP contribution in [0.1, 0.15) is 60.8 Å². The quantitative estimate of drug-likeness (QED) is 0.399. The summed E-state index contributed by atoms with van der Waals surface area (Å²) in [7, 11) is 0. The third-order valence-corrected chi connectivity index (χ3v) is 3.79. The number of aliphatic imine (C=N–C) groups is 1. The highest BCUT2D eigenvalue weighted by atomic mass is 14.7. The van der Waals surface area contributed by atoms with E-state index in [0.717, 1.165) is 11.5 Å². The molecule has 0 saturated heterocycles. The summed E-state index contributed by atoms with van der Waals surface area (Å²) in [5.41, 5.74) is 6.39. The van der Waals surface area contributed by atoms with Crippen LogP contribution in [0.15, 0.2) is 51.6 Å². The van der Waals surface area contributed by atoms with Crippen LogP contribution in [0.5, 0.6) is 0 Å². The molecule has 116 valence electrons. The largest absolute Gasteiger partial charge is 0.290 e. The minimum absolute atomic E-state index is 0.325. The molecule has 0 bridgehead atoms. The summed E-state index contributed by atoms with van der Waals surface area (Å²) >= 11 is 0. The Morgan fingerprint density at radius 3 is 2.29 bits per heavy atom. The first kappa shape index (κ1) is 17.7. The molecule has 1 saturated carbocycles. The lowest BCUT2D eigenvalue weighted by Gasteiger charge is -2.14. The van der Waals surface area contributed by atoms with Gasteiger partial charge in [-0.05, 0) is 83.4 Å². The zero-order valence-electron chi connectivity index (χ0n) is 14.7. The average Bonchev–Trinajstić information content (AvgIpc) is 3.19. The Labute approximate surface area is 131 Å². The number of hydrogen-bond acceptors (Lipinski definition) is 1. The molecule has 1 fully saturated rings. The molecule has 0 spiro atoms. The zero-order valence-corrected chi connectivity index (χ0v) is 14.7. The SMILES string of the molecule is C=C(C)/C=C(C(/C=N\C(C)C)=C(C)CC1CC1)\C(C)=C/C. The van der Waals surface area contributed by atoms with Gasteiger partial charge in [-0.25, -0.2) is 0 Å². The van der Waals surface area contributed by atoms with Gasteiger partial charge in [0.2, 0.25) is 0 Å². The first-order chi connectivity index (χ1) is 9.85. The molecule has 0 atom stereocenters. The molecule has 0 aliphatic heterocycles. The lowest BCUT2D eigenvalue weighted by molar-refractivity contribution is 0.814. The maximum atomic E-state index is 4.64. The van der Waals surface area contributed by atoms with Gasteiger partial charge in [-0.2, -0.15) is 0 Å². The van der Waals surface area contributed by atoms with Crippen LogP contribution in [0.4, 0.5) is 0 Å². The molecule has 1 nitrogen and oxygen atoms in total. The standard InChI is InChI=1S/C20H31N/c1-8-16(6)19(11-14(2)3)20(13-21-15(4)5)17(7)12-18-9-10-18/h8,11,13,15,18H,2,9-10,12H2,1,3-7H3/b16-8-,19-11+,20-17?,21-13-. The van der Waals surface area contributed by atoms with E-state index in [1.165, 1.54) is 41.6 Å². The van der Waals surface area contributed by atoms with Crippen molar-refractivity contribution < 1.29 is 0 Å². The highest BCUT2D eigenvalue weighted by Crippen LogP contribution is 2.37. The summed E-state index contributed by atoms with van der Waals surface area (Å²) < 4.78 is 0. The second kappa shape index (κ2) is 8.17. The second-order valence-corrected chi connectivity index (χ2v) is 6.59. The maximum absolute atomic E-state index is 4.64. The summed E-state index contributed by atoms with van der Waals surface area (Å²) in [6.45, 7) is 16.9. The average molecular weight is 285 g/mol. The number of hydrogen-bond donors (Lipinski definition) is 0. The van der Waals surface area contributed by atoms with Gasteiger partial charge in [0, 0.05) is 12.3 Å². The van der Waals surface area contributed by atoms with Crippen LogP contribution in [-0.4, -0.2) is 12.3 Å². The maximum Gasteiger partial charge on any atom is 0.0443 e. The summed E-state index contributed by atoms with van der Waals surface area (Å²) in [6.07, 6.45) is 10.4. The number of nitrogens with zero attached hydrogens (tertiary/aromatic N) is 1. The molecule has 0 unspecified atom stereocenters. The molecular weight excluding hydrogens is 254 g/mol. The molecule has 1 aliphatic carbocycles. The third kappa shape index (κ3) is 6.29. The fourth-order valence-electron chi connectivity index (χ4n) is 2.30. The molecule has 0 aromatic heterocycles. The van der Waals surface area contributed by atoms with Crippen LogP contribution in [0, 0.1) is 5.92 Å². The smallest absolute Gasteiger partial charge is 0.0443 e. The molecule has 0 aromatic rings. The predicted octanol–water partition coefficient (Wildman–Crippen LogP) is 6.05. The molecule has 21 heavy (non-hydrogen) atoms. The Morgan fingerprint density at radius 1 is 1.24 bits per heavy atom. The molecule has 0 N–H and O–H groups in total. The fourth-order valence-corrected chi connectivity index (χ4v) is 2.30. The van der Waals surface area contributed by atoms with Gasteiger partial charge in [-0.1, -0.05) is 29.9 Å². The molecule has 0 amide bonds. The van der Waals surface area contributed by atoms with E-state index < -0.39 is 0 Å². The lowest BCUT2D eigenvalue weighted by atomic mass is 9.92. The molecule has 0 aromatic carbocycles. The normalized spacial score (nSPS) is 18.4. The van der Waals surface area contributed by atoms with E-state index in [4.69, 9.17) is 0 Å². The lowest BCUT2D eigenvalue weighted by Crippen LogP contribution is -2.01. The summed E-state index contributed by atoms with van der Waals surface area (Å²) in [5.74, 6) is 0.893. The van der Waals surface area contributed by atoms with E-state index in [2.05, 4.69) is 71.5 Å². The van der Waals surface area contributed by atoms with Crippen molar-refractivity contribution in [3.63, 3.8) is 0 Å². The number of rotatable bonds is 7. The van der Waals surface area contributed by atoms with Gasteiger partial charge in [0.25, 0.3) is 0 Å². The van der Waals surface area contributed by atoms with Gasteiger partial charge < -0.3 is 0 Å². The van der Waals surface area contributed by atoms with Gasteiger partial charge in [0.15, 0.2) is 0 Å². The van der Waals surface area contributed by atoms with Crippen LogP contribution in [-0.2, 0) is 0 Å². The molecule has 0 heterocycles. The van der Waals surface area contributed by atoms with Gasteiger partial charge in [0.1, 0.15) is 0 Å². The predicted molar refractivity (Wildman–Crippen MR) is 96.0 cm³/mol. The topological polar surface area (TPSA) is 12.4 Å². The van der Waals surface area contributed by atoms with Crippen molar-refractivity contribution in [3.8, 4) is 0 Å². The highest BCUT2D eigenvalue weighted by Gasteiger charge is 2.23. The van der Waals surface area contributed by atoms with E-state index >= 15 is 0 Å². The Bertz CT molecular complexity index is 494. The molecule has 1 rings (SSSR count). The van der Waals surface area contributed by atoms with Gasteiger partial charge in [-0.15, -0.1) is 0 Å². The first-order valence-electron chi connectivity index (χ1n) is 8.09. The van der Waals surface area contributed by atoms with E-state index in [1.807, 2.05) is 0 Å². The Morgan fingerprint density at radius 2 is 1.86 bits per heavy atom. The highest BCUT2D eigenvalue weighted by molar-refractivity contribution is 5.88. The van der Waals surface area contributed by atoms with Crippen molar-refractivity contribution in [2.75, 3.05) is 0 Å². The van der Waals surface area contributed by atoms with E-state index in [1.54, 1.807) is 0 Å². The minimum atomic E-state index is 0.325. The Balaban J connectivity index is 3.26. The Kier molecular flexibility index (Phi) is 6.87. The van der Waals surface area contributed by atoms with Crippen LogP contribution in [0.2, 0.25) is 0 Å². The van der Waals surface area contributed by atoms with Crippen LogP contribution < -0.4 is 0 Å². The van der Waals surface area contributed by atoms with Gasteiger partial charge >= 0.3 is 0 Å². The summed E-state index contributed by atoms with van der Waals surface area (Å²) in [4.78, 5) is 4.64. The monoisotopic (exact) mass is 285 g/mol. The molecule has 0 radical (unpaired) electrons. The first-order valence-corrected chi connectivity index (χ1v) is 8.09. The van der Waals surface area contributed by atoms with E-state index in [9.17, 15) is 0 Å². The fraction of sp³-hybridized carbons (Fsp3) is 0.550. The van der Waals surface area contributed by atoms with Crippen molar-refractivity contribution >= 4 is 6.21 Å². The molecular formula is C20H31N. The van der Waals surface area contributed by atoms with Crippen molar-refractivity contribution in [2.24, 2.45) is 10.9 Å². The molecule has 1 aliphatic rings. The Hall–Kier alpha value is -1.37. The van der Waals surface area contributed by atoms with Gasteiger partial charge in [-0.3, -0.25) is 4.99 Å². The van der Waals surface area contributed by atoms with Gasteiger partial charge in [0.05, 0.1) is 0 Å². The van der Waals surface area contributed by atoms with Crippen LogP contribution in [0.25, 0.3) is 0 Å². The van der Waals surface area contributed by atoms with Crippen molar-refractivity contribution in [2.45, 2.75) is 66.8 Å². The van der Waals surface area contributed by atoms with E-state index in [0.29, 0.717) is 6.04 Å². The van der Waals surface area contributed by atoms with Crippen molar-refractivity contribution in [3.05, 3.63) is 46.6 Å². The van der Waals surface area contributed by atoms with Crippen molar-refractivity contribution in [1.82, 2.24) is 0 Å². The molecule has 1 heteroatoms. The van der Waals surface area contributed by atoms with Crippen LogP contribution in [0.3, 0.4) is 0 Å². The summed E-state index contributed by atoms with van der Waals surface area (Å²) in [5, 5.41) is 0.